The standard InChI is InChI=1S/C23H27N3O4.ClH/c1-3-5-21(27)30-22-13-10-18-14-19(11-12-20(18)29-22)26-23(28)17-8-6-16(7-9-17)15-25-24-4-2;/h6-9,11-12,14-15,22,24H,3-5,10,13H2,1-2H3,(H,26,28);1H. The number of amides is 1. The molecule has 0 saturated carbocycles. The van der Waals surface area contributed by atoms with E-state index in [0.717, 1.165) is 24.1 Å². The van der Waals surface area contributed by atoms with Gasteiger partial charge in [0.15, 0.2) is 0 Å². The van der Waals surface area contributed by atoms with E-state index >= 15 is 0 Å². The van der Waals surface area contributed by atoms with Gasteiger partial charge in [0.1, 0.15) is 5.75 Å². The molecule has 0 saturated heterocycles. The van der Waals surface area contributed by atoms with Crippen molar-refractivity contribution in [1.82, 2.24) is 5.43 Å². The molecule has 7 nitrogen and oxygen atoms in total. The van der Waals surface area contributed by atoms with E-state index in [1.165, 1.54) is 0 Å². The van der Waals surface area contributed by atoms with Crippen LogP contribution in [-0.4, -0.2) is 30.9 Å². The lowest BCUT2D eigenvalue weighted by molar-refractivity contribution is -0.165. The molecular weight excluding hydrogens is 418 g/mol. The Morgan fingerprint density at radius 1 is 1.19 bits per heavy atom. The highest BCUT2D eigenvalue weighted by Crippen LogP contribution is 2.30. The minimum absolute atomic E-state index is 0. The molecule has 1 atom stereocenters. The van der Waals surface area contributed by atoms with E-state index in [-0.39, 0.29) is 24.3 Å². The highest BCUT2D eigenvalue weighted by molar-refractivity contribution is 6.04. The number of anilines is 1. The minimum atomic E-state index is -0.549. The van der Waals surface area contributed by atoms with Crippen molar-refractivity contribution in [2.45, 2.75) is 45.8 Å². The molecule has 1 unspecified atom stereocenters. The minimum Gasteiger partial charge on any atom is -0.454 e. The number of hydrogen-bond donors (Lipinski definition) is 2. The first-order chi connectivity index (χ1) is 14.6. The van der Waals surface area contributed by atoms with Crippen LogP contribution in [0.15, 0.2) is 47.6 Å². The van der Waals surface area contributed by atoms with Gasteiger partial charge in [-0.15, -0.1) is 12.4 Å². The molecule has 1 aliphatic rings. The largest absolute Gasteiger partial charge is 0.454 e. The Balaban J connectivity index is 0.00000341. The third-order valence-corrected chi connectivity index (χ3v) is 4.58. The second-order valence-corrected chi connectivity index (χ2v) is 6.99. The third kappa shape index (κ3) is 7.00. The third-order valence-electron chi connectivity index (χ3n) is 4.58. The predicted molar refractivity (Wildman–Crippen MR) is 123 cm³/mol. The van der Waals surface area contributed by atoms with Crippen molar-refractivity contribution in [3.8, 4) is 5.75 Å². The molecule has 0 aromatic heterocycles. The van der Waals surface area contributed by atoms with Gasteiger partial charge in [0.25, 0.3) is 5.91 Å². The first-order valence-electron chi connectivity index (χ1n) is 10.3. The van der Waals surface area contributed by atoms with Gasteiger partial charge in [-0.3, -0.25) is 9.59 Å². The number of fused-ring (bicyclic) bond motifs is 1. The number of hydrazone groups is 1. The van der Waals surface area contributed by atoms with Crippen LogP contribution < -0.4 is 15.5 Å². The molecule has 3 rings (SSSR count). The molecule has 166 valence electrons. The van der Waals surface area contributed by atoms with Crippen LogP contribution >= 0.6 is 12.4 Å². The van der Waals surface area contributed by atoms with Gasteiger partial charge < -0.3 is 20.2 Å². The Bertz CT molecular complexity index is 916. The normalized spacial score (nSPS) is 14.7. The van der Waals surface area contributed by atoms with Crippen LogP contribution in [0.25, 0.3) is 0 Å². The van der Waals surface area contributed by atoms with Gasteiger partial charge in [-0.1, -0.05) is 19.1 Å². The van der Waals surface area contributed by atoms with Gasteiger partial charge in [0.05, 0.1) is 6.21 Å². The number of carbonyl (C=O) groups excluding carboxylic acids is 2. The van der Waals surface area contributed by atoms with Crippen molar-refractivity contribution in [3.63, 3.8) is 0 Å². The zero-order valence-electron chi connectivity index (χ0n) is 17.7. The second-order valence-electron chi connectivity index (χ2n) is 6.99. The molecule has 2 aromatic carbocycles. The zero-order chi connectivity index (χ0) is 21.3. The molecule has 0 bridgehead atoms. The quantitative estimate of drug-likeness (QED) is 0.359. The van der Waals surface area contributed by atoms with E-state index in [1.54, 1.807) is 30.5 Å². The van der Waals surface area contributed by atoms with Crippen molar-refractivity contribution >= 4 is 36.2 Å². The van der Waals surface area contributed by atoms with Gasteiger partial charge in [-0.25, -0.2) is 0 Å². The van der Waals surface area contributed by atoms with Crippen molar-refractivity contribution in [2.24, 2.45) is 5.10 Å². The van der Waals surface area contributed by atoms with Crippen LogP contribution in [0.1, 0.15) is 54.6 Å². The van der Waals surface area contributed by atoms with E-state index in [9.17, 15) is 9.59 Å². The average molecular weight is 446 g/mol. The summed E-state index contributed by atoms with van der Waals surface area (Å²) >= 11 is 0. The van der Waals surface area contributed by atoms with Gasteiger partial charge in [0, 0.05) is 30.6 Å². The second kappa shape index (κ2) is 12.0. The first kappa shape index (κ1) is 24.2. The van der Waals surface area contributed by atoms with E-state index in [1.807, 2.05) is 32.0 Å². The maximum Gasteiger partial charge on any atom is 0.308 e. The van der Waals surface area contributed by atoms with E-state index < -0.39 is 6.29 Å². The summed E-state index contributed by atoms with van der Waals surface area (Å²) in [5.41, 5.74) is 6.01. The Kier molecular flexibility index (Phi) is 9.34. The molecule has 31 heavy (non-hydrogen) atoms. The molecule has 1 amide bonds. The molecule has 0 fully saturated rings. The molecule has 0 spiro atoms. The highest BCUT2D eigenvalue weighted by atomic mass is 35.5. The van der Waals surface area contributed by atoms with Gasteiger partial charge >= 0.3 is 5.97 Å². The van der Waals surface area contributed by atoms with Crippen molar-refractivity contribution < 1.29 is 19.1 Å². The summed E-state index contributed by atoms with van der Waals surface area (Å²) in [6.07, 6.45) is 3.60. The zero-order valence-corrected chi connectivity index (χ0v) is 18.5. The summed E-state index contributed by atoms with van der Waals surface area (Å²) in [6, 6.07) is 12.7. The van der Waals surface area contributed by atoms with E-state index in [4.69, 9.17) is 9.47 Å². The lowest BCUT2D eigenvalue weighted by Crippen LogP contribution is -2.28. The Morgan fingerprint density at radius 3 is 2.68 bits per heavy atom. The van der Waals surface area contributed by atoms with Crippen LogP contribution in [-0.2, 0) is 16.0 Å². The molecule has 8 heteroatoms. The van der Waals surface area contributed by atoms with E-state index in [0.29, 0.717) is 36.3 Å². The Morgan fingerprint density at radius 2 is 1.97 bits per heavy atom. The van der Waals surface area contributed by atoms with Crippen LogP contribution in [0.4, 0.5) is 5.69 Å². The van der Waals surface area contributed by atoms with Gasteiger partial charge in [0.2, 0.25) is 6.29 Å². The van der Waals surface area contributed by atoms with Crippen molar-refractivity contribution in [3.05, 3.63) is 59.2 Å². The number of halogens is 1. The van der Waals surface area contributed by atoms with Gasteiger partial charge in [-0.2, -0.15) is 5.10 Å². The maximum absolute atomic E-state index is 12.5. The van der Waals surface area contributed by atoms with Gasteiger partial charge in [-0.05, 0) is 61.2 Å². The number of carbonyl (C=O) groups is 2. The average Bonchev–Trinajstić information content (AvgIpc) is 2.74. The molecule has 1 aliphatic heterocycles. The number of benzene rings is 2. The highest BCUT2D eigenvalue weighted by Gasteiger charge is 2.23. The molecular formula is C23H28ClN3O4. The Labute approximate surface area is 188 Å². The SMILES string of the molecule is CCCC(=O)OC1CCc2cc(NC(=O)c3ccc(C=NNCC)cc3)ccc2O1.Cl. The fraction of sp³-hybridized carbons (Fsp3) is 0.348. The fourth-order valence-corrected chi connectivity index (χ4v) is 3.07. The van der Waals surface area contributed by atoms with Crippen molar-refractivity contribution in [2.75, 3.05) is 11.9 Å². The fourth-order valence-electron chi connectivity index (χ4n) is 3.07. The van der Waals surface area contributed by atoms with Crippen LogP contribution in [0.5, 0.6) is 5.75 Å². The summed E-state index contributed by atoms with van der Waals surface area (Å²) in [4.78, 5) is 24.2. The lowest BCUT2D eigenvalue weighted by atomic mass is 10.0. The summed E-state index contributed by atoms with van der Waals surface area (Å²) < 4.78 is 11.1. The summed E-state index contributed by atoms with van der Waals surface area (Å²) in [7, 11) is 0. The Hall–Kier alpha value is -3.06. The smallest absolute Gasteiger partial charge is 0.308 e. The summed E-state index contributed by atoms with van der Waals surface area (Å²) in [5.74, 6) is 0.250. The molecule has 2 N–H and O–H groups in total. The van der Waals surface area contributed by atoms with Crippen LogP contribution in [0.3, 0.4) is 0 Å². The summed E-state index contributed by atoms with van der Waals surface area (Å²) in [6.45, 7) is 4.66. The number of hydrogen-bond acceptors (Lipinski definition) is 6. The molecule has 1 heterocycles. The monoisotopic (exact) mass is 445 g/mol. The number of nitrogens with zero attached hydrogens (tertiary/aromatic N) is 1. The molecule has 0 radical (unpaired) electrons. The lowest BCUT2D eigenvalue weighted by Gasteiger charge is -2.26. The topological polar surface area (TPSA) is 89.0 Å². The number of ether oxygens (including phenoxy) is 2. The number of aryl methyl sites for hydroxylation is 1. The van der Waals surface area contributed by atoms with Crippen LogP contribution in [0, 0.1) is 0 Å². The molecule has 0 aliphatic carbocycles. The predicted octanol–water partition coefficient (Wildman–Crippen LogP) is 4.30. The summed E-state index contributed by atoms with van der Waals surface area (Å²) in [5, 5.41) is 6.97. The van der Waals surface area contributed by atoms with E-state index in [2.05, 4.69) is 15.8 Å². The number of nitrogens with one attached hydrogen (secondary N) is 2. The molecule has 2 aromatic rings. The number of rotatable bonds is 8. The number of esters is 1. The van der Waals surface area contributed by atoms with Crippen molar-refractivity contribution in [1.29, 1.82) is 0 Å². The maximum atomic E-state index is 12.5. The first-order valence-corrected chi connectivity index (χ1v) is 10.3. The van der Waals surface area contributed by atoms with Crippen LogP contribution in [0.2, 0.25) is 0 Å².